The molecule has 0 amide bonds. The van der Waals surface area contributed by atoms with Gasteiger partial charge in [0.15, 0.2) is 5.69 Å². The van der Waals surface area contributed by atoms with Gasteiger partial charge in [0.05, 0.1) is 18.1 Å². The minimum atomic E-state index is 0.303. The summed E-state index contributed by atoms with van der Waals surface area (Å²) in [5.74, 6) is 0.603. The maximum Gasteiger partial charge on any atom is 0.158 e. The zero-order valence-corrected chi connectivity index (χ0v) is 9.77. The first-order valence-electron chi connectivity index (χ1n) is 4.53. The largest absolute Gasteiger partial charge is 0.338 e. The maximum atomic E-state index is 8.58. The molecule has 1 N–H and O–H groups in total. The summed E-state index contributed by atoms with van der Waals surface area (Å²) in [4.78, 5) is 7.99. The van der Waals surface area contributed by atoms with Crippen LogP contribution in [0, 0.1) is 11.3 Å². The molecule has 2 aromatic rings. The zero-order chi connectivity index (χ0) is 11.4. The fourth-order valence-corrected chi connectivity index (χ4v) is 1.53. The van der Waals surface area contributed by atoms with Crippen molar-refractivity contribution in [2.45, 2.75) is 0 Å². The predicted molar refractivity (Wildman–Crippen MR) is 64.2 cm³/mol. The van der Waals surface area contributed by atoms with Crippen molar-refractivity contribution in [3.63, 3.8) is 0 Å². The highest BCUT2D eigenvalue weighted by atomic mass is 79.9. The van der Waals surface area contributed by atoms with Gasteiger partial charge in [-0.3, -0.25) is 0 Å². The van der Waals surface area contributed by atoms with E-state index in [1.54, 1.807) is 0 Å². The number of nitriles is 1. The van der Waals surface area contributed by atoms with E-state index in [0.717, 1.165) is 10.2 Å². The molecule has 0 aliphatic rings. The lowest BCUT2D eigenvalue weighted by Gasteiger charge is -2.06. The minimum Gasteiger partial charge on any atom is -0.338 e. The molecule has 1 aromatic heterocycles. The van der Waals surface area contributed by atoms with Gasteiger partial charge in [-0.15, -0.1) is 0 Å². The lowest BCUT2D eigenvalue weighted by Crippen LogP contribution is -1.95. The van der Waals surface area contributed by atoms with Crippen LogP contribution in [0.1, 0.15) is 5.69 Å². The van der Waals surface area contributed by atoms with Crippen molar-refractivity contribution >= 4 is 27.4 Å². The predicted octanol–water partition coefficient (Wildman–Crippen LogP) is 2.85. The van der Waals surface area contributed by atoms with Crippen LogP contribution in [0.25, 0.3) is 0 Å². The van der Waals surface area contributed by atoms with Crippen molar-refractivity contribution < 1.29 is 0 Å². The number of hydrogen-bond acceptors (Lipinski definition) is 4. The van der Waals surface area contributed by atoms with E-state index in [0.29, 0.717) is 11.5 Å². The Hall–Kier alpha value is -1.93. The molecule has 5 heteroatoms. The van der Waals surface area contributed by atoms with Gasteiger partial charge in [-0.2, -0.15) is 5.26 Å². The molecule has 0 radical (unpaired) electrons. The van der Waals surface area contributed by atoms with E-state index in [2.05, 4.69) is 31.2 Å². The van der Waals surface area contributed by atoms with Crippen molar-refractivity contribution in [1.82, 2.24) is 9.97 Å². The summed E-state index contributed by atoms with van der Waals surface area (Å²) >= 11 is 3.42. The molecular formula is C11H7BrN4. The fraction of sp³-hybridized carbons (Fsp3) is 0. The van der Waals surface area contributed by atoms with Crippen molar-refractivity contribution in [2.75, 3.05) is 5.32 Å². The van der Waals surface area contributed by atoms with Gasteiger partial charge in [0.25, 0.3) is 0 Å². The number of aromatic nitrogens is 2. The number of nitrogens with zero attached hydrogens (tertiary/aromatic N) is 3. The monoisotopic (exact) mass is 274 g/mol. The summed E-state index contributed by atoms with van der Waals surface area (Å²) < 4.78 is 0.946. The van der Waals surface area contributed by atoms with Gasteiger partial charge < -0.3 is 5.32 Å². The molecule has 1 heterocycles. The Balaban J connectivity index is 2.22. The number of nitrogens with one attached hydrogen (secondary N) is 1. The van der Waals surface area contributed by atoms with Crippen LogP contribution in [0.3, 0.4) is 0 Å². The lowest BCUT2D eigenvalue weighted by molar-refractivity contribution is 1.16. The third-order valence-electron chi connectivity index (χ3n) is 1.90. The van der Waals surface area contributed by atoms with Gasteiger partial charge >= 0.3 is 0 Å². The number of benzene rings is 1. The second-order valence-corrected chi connectivity index (χ2v) is 3.86. The SMILES string of the molecule is N#Cc1cnc(Nc2ccccc2Br)cn1. The molecule has 0 spiro atoms. The maximum absolute atomic E-state index is 8.58. The van der Waals surface area contributed by atoms with Crippen LogP contribution in [0.2, 0.25) is 0 Å². The van der Waals surface area contributed by atoms with Gasteiger partial charge in [-0.05, 0) is 28.1 Å². The molecule has 78 valence electrons. The molecule has 0 aliphatic heterocycles. The number of halogens is 1. The van der Waals surface area contributed by atoms with Gasteiger partial charge in [0.2, 0.25) is 0 Å². The van der Waals surface area contributed by atoms with Crippen LogP contribution in [0.15, 0.2) is 41.1 Å². The number of para-hydroxylation sites is 1. The van der Waals surface area contributed by atoms with Crippen LogP contribution in [-0.2, 0) is 0 Å². The highest BCUT2D eigenvalue weighted by molar-refractivity contribution is 9.10. The summed E-state index contributed by atoms with van der Waals surface area (Å²) in [5, 5.41) is 11.7. The lowest BCUT2D eigenvalue weighted by atomic mass is 10.3. The van der Waals surface area contributed by atoms with Crippen LogP contribution in [-0.4, -0.2) is 9.97 Å². The third kappa shape index (κ3) is 2.35. The molecule has 0 atom stereocenters. The van der Waals surface area contributed by atoms with E-state index >= 15 is 0 Å². The Morgan fingerprint density at radius 2 is 2.00 bits per heavy atom. The van der Waals surface area contributed by atoms with E-state index in [1.807, 2.05) is 30.3 Å². The van der Waals surface area contributed by atoms with E-state index in [9.17, 15) is 0 Å². The Labute approximate surface area is 101 Å². The molecule has 0 bridgehead atoms. The number of rotatable bonds is 2. The van der Waals surface area contributed by atoms with Gasteiger partial charge in [-0.25, -0.2) is 9.97 Å². The average Bonchev–Trinajstić information content (AvgIpc) is 2.33. The number of hydrogen-bond donors (Lipinski definition) is 1. The molecule has 0 saturated carbocycles. The van der Waals surface area contributed by atoms with Gasteiger partial charge in [0.1, 0.15) is 11.9 Å². The van der Waals surface area contributed by atoms with E-state index in [1.165, 1.54) is 12.4 Å². The second-order valence-electron chi connectivity index (χ2n) is 3.00. The molecule has 4 nitrogen and oxygen atoms in total. The van der Waals surface area contributed by atoms with Crippen LogP contribution in [0.5, 0.6) is 0 Å². The molecule has 0 saturated heterocycles. The summed E-state index contributed by atoms with van der Waals surface area (Å²) in [6.07, 6.45) is 2.96. The first-order valence-corrected chi connectivity index (χ1v) is 5.32. The average molecular weight is 275 g/mol. The topological polar surface area (TPSA) is 61.6 Å². The molecule has 2 rings (SSSR count). The van der Waals surface area contributed by atoms with Crippen LogP contribution in [0.4, 0.5) is 11.5 Å². The van der Waals surface area contributed by atoms with E-state index in [-0.39, 0.29) is 0 Å². The van der Waals surface area contributed by atoms with Gasteiger partial charge in [0, 0.05) is 4.47 Å². The summed E-state index contributed by atoms with van der Waals surface area (Å²) in [6.45, 7) is 0. The molecule has 0 fully saturated rings. The molecule has 1 aromatic carbocycles. The smallest absolute Gasteiger partial charge is 0.158 e. The zero-order valence-electron chi connectivity index (χ0n) is 8.18. The minimum absolute atomic E-state index is 0.303. The fourth-order valence-electron chi connectivity index (χ4n) is 1.15. The Bertz CT molecular complexity index is 530. The van der Waals surface area contributed by atoms with E-state index in [4.69, 9.17) is 5.26 Å². The van der Waals surface area contributed by atoms with Crippen LogP contribution >= 0.6 is 15.9 Å². The molecule has 0 aliphatic carbocycles. The Kier molecular flexibility index (Phi) is 3.13. The highest BCUT2D eigenvalue weighted by Crippen LogP contribution is 2.23. The first-order chi connectivity index (χ1) is 7.79. The second kappa shape index (κ2) is 4.73. The molecule has 0 unspecified atom stereocenters. The number of anilines is 2. The normalized spacial score (nSPS) is 9.50. The standard InChI is InChI=1S/C11H7BrN4/c12-9-3-1-2-4-10(9)16-11-7-14-8(5-13)6-15-11/h1-4,6-7H,(H,15,16). The van der Waals surface area contributed by atoms with Crippen molar-refractivity contribution in [3.8, 4) is 6.07 Å². The van der Waals surface area contributed by atoms with Crippen molar-refractivity contribution in [2.24, 2.45) is 0 Å². The van der Waals surface area contributed by atoms with Crippen molar-refractivity contribution in [1.29, 1.82) is 5.26 Å². The third-order valence-corrected chi connectivity index (χ3v) is 2.59. The van der Waals surface area contributed by atoms with E-state index < -0.39 is 0 Å². The quantitative estimate of drug-likeness (QED) is 0.915. The Morgan fingerprint density at radius 3 is 2.62 bits per heavy atom. The molecular weight excluding hydrogens is 268 g/mol. The Morgan fingerprint density at radius 1 is 1.19 bits per heavy atom. The van der Waals surface area contributed by atoms with Crippen molar-refractivity contribution in [3.05, 3.63) is 46.8 Å². The highest BCUT2D eigenvalue weighted by Gasteiger charge is 2.00. The van der Waals surface area contributed by atoms with Crippen LogP contribution < -0.4 is 5.32 Å². The summed E-state index contributed by atoms with van der Waals surface area (Å²) in [6, 6.07) is 9.62. The summed E-state index contributed by atoms with van der Waals surface area (Å²) in [7, 11) is 0. The van der Waals surface area contributed by atoms with Gasteiger partial charge in [-0.1, -0.05) is 12.1 Å². The first kappa shape index (κ1) is 10.6. The molecule has 16 heavy (non-hydrogen) atoms. The summed E-state index contributed by atoms with van der Waals surface area (Å²) in [5.41, 5.74) is 1.21.